The zero-order valence-corrected chi connectivity index (χ0v) is 11.4. The Morgan fingerprint density at radius 2 is 2.33 bits per heavy atom. The average molecular weight is 270 g/mol. The third-order valence-corrected chi connectivity index (χ3v) is 3.85. The maximum atomic E-state index is 6.09. The van der Waals surface area contributed by atoms with Crippen LogP contribution in [0.2, 0.25) is 5.02 Å². The maximum Gasteiger partial charge on any atom is 0.239 e. The predicted octanol–water partition coefficient (Wildman–Crippen LogP) is 2.80. The normalized spacial score (nSPS) is 23.7. The molecule has 1 aliphatic rings. The van der Waals surface area contributed by atoms with Crippen molar-refractivity contribution in [2.45, 2.75) is 45.1 Å². The van der Waals surface area contributed by atoms with Crippen molar-refractivity contribution < 1.29 is 0 Å². The first kappa shape index (κ1) is 13.4. The quantitative estimate of drug-likeness (QED) is 0.579. The van der Waals surface area contributed by atoms with Crippen LogP contribution >= 0.6 is 11.6 Å². The zero-order valence-electron chi connectivity index (χ0n) is 10.6. The first-order valence-corrected chi connectivity index (χ1v) is 6.86. The van der Waals surface area contributed by atoms with E-state index in [0.29, 0.717) is 22.8 Å². The van der Waals surface area contributed by atoms with Crippen LogP contribution in [0.3, 0.4) is 0 Å². The summed E-state index contributed by atoms with van der Waals surface area (Å²) in [6.07, 6.45) is 7.75. The molecule has 1 saturated carbocycles. The Labute approximate surface area is 112 Å². The Kier molecular flexibility index (Phi) is 4.60. The molecule has 0 bridgehead atoms. The van der Waals surface area contributed by atoms with Gasteiger partial charge < -0.3 is 5.32 Å². The molecule has 0 amide bonds. The van der Waals surface area contributed by atoms with Crippen LogP contribution in [0.15, 0.2) is 6.20 Å². The molecule has 1 aromatic heterocycles. The third kappa shape index (κ3) is 3.23. The van der Waals surface area contributed by atoms with Crippen molar-refractivity contribution in [1.29, 1.82) is 0 Å². The van der Waals surface area contributed by atoms with Crippen molar-refractivity contribution in [3.63, 3.8) is 0 Å². The number of hydrogen-bond acceptors (Lipinski definition) is 5. The minimum Gasteiger partial charge on any atom is -0.366 e. The van der Waals surface area contributed by atoms with Gasteiger partial charge in [-0.25, -0.2) is 10.8 Å². The molecule has 2 unspecified atom stereocenters. The number of hydrazine groups is 1. The predicted molar refractivity (Wildman–Crippen MR) is 74.5 cm³/mol. The van der Waals surface area contributed by atoms with Crippen LogP contribution < -0.4 is 16.6 Å². The van der Waals surface area contributed by atoms with E-state index in [4.69, 9.17) is 17.4 Å². The fraction of sp³-hybridized carbons (Fsp3) is 0.667. The van der Waals surface area contributed by atoms with E-state index in [0.717, 1.165) is 5.92 Å². The molecule has 100 valence electrons. The van der Waals surface area contributed by atoms with Crippen molar-refractivity contribution in [2.75, 3.05) is 10.7 Å². The lowest BCUT2D eigenvalue weighted by Crippen LogP contribution is -2.28. The number of hydrogen-bond donors (Lipinski definition) is 3. The van der Waals surface area contributed by atoms with E-state index in [1.807, 2.05) is 0 Å². The van der Waals surface area contributed by atoms with Gasteiger partial charge in [0.15, 0.2) is 5.82 Å². The molecular weight excluding hydrogens is 250 g/mol. The van der Waals surface area contributed by atoms with E-state index in [1.165, 1.54) is 32.1 Å². The van der Waals surface area contributed by atoms with Crippen LogP contribution in [0.1, 0.15) is 39.0 Å². The maximum absolute atomic E-state index is 6.09. The van der Waals surface area contributed by atoms with Gasteiger partial charge in [-0.3, -0.25) is 5.43 Å². The zero-order chi connectivity index (χ0) is 13.0. The number of nitrogens with zero attached hydrogens (tertiary/aromatic N) is 2. The van der Waals surface area contributed by atoms with Crippen molar-refractivity contribution in [1.82, 2.24) is 9.97 Å². The van der Waals surface area contributed by atoms with Crippen molar-refractivity contribution in [3.05, 3.63) is 11.2 Å². The van der Waals surface area contributed by atoms with Crippen molar-refractivity contribution in [2.24, 2.45) is 11.8 Å². The summed E-state index contributed by atoms with van der Waals surface area (Å²) in [7, 11) is 0. The summed E-state index contributed by atoms with van der Waals surface area (Å²) in [6, 6.07) is 0.446. The Hall–Kier alpha value is -1.07. The number of halogens is 1. The Bertz CT molecular complexity index is 398. The largest absolute Gasteiger partial charge is 0.366 e. The first-order valence-electron chi connectivity index (χ1n) is 6.48. The summed E-state index contributed by atoms with van der Waals surface area (Å²) in [6.45, 7) is 2.25. The van der Waals surface area contributed by atoms with E-state index >= 15 is 0 Å². The topological polar surface area (TPSA) is 75.9 Å². The monoisotopic (exact) mass is 269 g/mol. The lowest BCUT2D eigenvalue weighted by Gasteiger charge is -2.29. The standard InChI is InChI=1S/C12H20ClN5/c1-2-8-4-3-5-9(6-8)16-11-10(13)7-15-12(17-11)18-14/h7-9H,2-6,14H2,1H3,(H2,15,16,17,18). The number of aromatic nitrogens is 2. The number of nitrogens with one attached hydrogen (secondary N) is 2. The minimum absolute atomic E-state index is 0.379. The summed E-state index contributed by atoms with van der Waals surface area (Å²) < 4.78 is 0. The van der Waals surface area contributed by atoms with Crippen molar-refractivity contribution in [3.8, 4) is 0 Å². The third-order valence-electron chi connectivity index (χ3n) is 3.57. The summed E-state index contributed by atoms with van der Waals surface area (Å²) in [5.41, 5.74) is 2.43. The van der Waals surface area contributed by atoms with Crippen LogP contribution in [0.5, 0.6) is 0 Å². The molecule has 0 radical (unpaired) electrons. The van der Waals surface area contributed by atoms with E-state index < -0.39 is 0 Å². The summed E-state index contributed by atoms with van der Waals surface area (Å²) in [5.74, 6) is 7.16. The van der Waals surface area contributed by atoms with Gasteiger partial charge in [-0.15, -0.1) is 0 Å². The van der Waals surface area contributed by atoms with E-state index in [2.05, 4.69) is 27.6 Å². The molecule has 2 rings (SSSR count). The van der Waals surface area contributed by atoms with Crippen molar-refractivity contribution >= 4 is 23.4 Å². The second-order valence-corrected chi connectivity index (χ2v) is 5.22. The fourth-order valence-corrected chi connectivity index (χ4v) is 2.67. The van der Waals surface area contributed by atoms with Gasteiger partial charge in [0.2, 0.25) is 5.95 Å². The molecule has 1 fully saturated rings. The molecule has 0 aromatic carbocycles. The SMILES string of the molecule is CCC1CCCC(Nc2nc(NN)ncc2Cl)C1. The van der Waals surface area contributed by atoms with Gasteiger partial charge in [-0.1, -0.05) is 37.8 Å². The van der Waals surface area contributed by atoms with E-state index in [-0.39, 0.29) is 0 Å². The smallest absolute Gasteiger partial charge is 0.239 e. The molecule has 0 aliphatic heterocycles. The fourth-order valence-electron chi connectivity index (χ4n) is 2.52. The first-order chi connectivity index (χ1) is 8.72. The van der Waals surface area contributed by atoms with Gasteiger partial charge in [-0.05, 0) is 18.8 Å². The van der Waals surface area contributed by atoms with Crippen LogP contribution in [-0.2, 0) is 0 Å². The average Bonchev–Trinajstić information content (AvgIpc) is 2.41. The summed E-state index contributed by atoms with van der Waals surface area (Å²) in [5, 5.41) is 3.94. The lowest BCUT2D eigenvalue weighted by molar-refractivity contribution is 0.327. The second-order valence-electron chi connectivity index (χ2n) is 4.82. The molecule has 0 spiro atoms. The Morgan fingerprint density at radius 3 is 3.06 bits per heavy atom. The molecule has 6 heteroatoms. The van der Waals surface area contributed by atoms with Crippen LogP contribution in [-0.4, -0.2) is 16.0 Å². The van der Waals surface area contributed by atoms with E-state index in [1.54, 1.807) is 6.20 Å². The van der Waals surface area contributed by atoms with Gasteiger partial charge in [0.25, 0.3) is 0 Å². The van der Waals surface area contributed by atoms with Crippen LogP contribution in [0, 0.1) is 5.92 Å². The van der Waals surface area contributed by atoms with E-state index in [9.17, 15) is 0 Å². The summed E-state index contributed by atoms with van der Waals surface area (Å²) >= 11 is 6.09. The number of nitrogen functional groups attached to an aromatic ring is 1. The molecule has 4 N–H and O–H groups in total. The van der Waals surface area contributed by atoms with Gasteiger partial charge in [-0.2, -0.15) is 4.98 Å². The highest BCUT2D eigenvalue weighted by atomic mass is 35.5. The molecule has 1 aliphatic carbocycles. The van der Waals surface area contributed by atoms with Gasteiger partial charge >= 0.3 is 0 Å². The Balaban J connectivity index is 2.04. The van der Waals surface area contributed by atoms with Gasteiger partial charge in [0.1, 0.15) is 5.02 Å². The molecule has 1 heterocycles. The van der Waals surface area contributed by atoms with Crippen LogP contribution in [0.4, 0.5) is 11.8 Å². The molecule has 18 heavy (non-hydrogen) atoms. The van der Waals surface area contributed by atoms with Crippen LogP contribution in [0.25, 0.3) is 0 Å². The second kappa shape index (κ2) is 6.20. The highest BCUT2D eigenvalue weighted by Gasteiger charge is 2.21. The molecule has 2 atom stereocenters. The number of nitrogens with two attached hydrogens (primary N) is 1. The number of anilines is 2. The highest BCUT2D eigenvalue weighted by molar-refractivity contribution is 6.32. The molecule has 5 nitrogen and oxygen atoms in total. The van der Waals surface area contributed by atoms with Gasteiger partial charge in [0, 0.05) is 6.04 Å². The lowest BCUT2D eigenvalue weighted by atomic mass is 9.84. The highest BCUT2D eigenvalue weighted by Crippen LogP contribution is 2.30. The van der Waals surface area contributed by atoms with Gasteiger partial charge in [0.05, 0.1) is 6.20 Å². The summed E-state index contributed by atoms with van der Waals surface area (Å²) in [4.78, 5) is 8.21. The molecule has 1 aromatic rings. The minimum atomic E-state index is 0.379. The molecular formula is C12H20ClN5. The number of rotatable bonds is 4. The Morgan fingerprint density at radius 1 is 1.50 bits per heavy atom. The molecule has 0 saturated heterocycles.